The summed E-state index contributed by atoms with van der Waals surface area (Å²) in [4.78, 5) is 1.91. The maximum atomic E-state index is 12.1. The average Bonchev–Trinajstić information content (AvgIpc) is 2.51. The molecule has 1 aromatic rings. The molecule has 0 aromatic heterocycles. The van der Waals surface area contributed by atoms with Crippen molar-refractivity contribution in [3.8, 4) is 0 Å². The second-order valence-electron chi connectivity index (χ2n) is 7.97. The summed E-state index contributed by atoms with van der Waals surface area (Å²) in [5, 5.41) is 40.7. The first kappa shape index (κ1) is 36.5. The second kappa shape index (κ2) is 22.8. The molecule has 1 aromatic carbocycles. The van der Waals surface area contributed by atoms with Gasteiger partial charge < -0.3 is 25.3 Å². The van der Waals surface area contributed by atoms with E-state index in [1.165, 1.54) is 5.56 Å². The summed E-state index contributed by atoms with van der Waals surface area (Å²) in [6.45, 7) is 17.9. The van der Waals surface area contributed by atoms with Gasteiger partial charge >= 0.3 is 21.7 Å². The minimum atomic E-state index is -0.417. The van der Waals surface area contributed by atoms with Gasteiger partial charge in [-0.05, 0) is 45.6 Å². The fraction of sp³-hybridized carbons (Fsp3) is 0.667. The molecular weight excluding hydrogens is 414 g/mol. The zero-order valence-electron chi connectivity index (χ0n) is 20.6. The molecule has 172 valence electrons. The van der Waals surface area contributed by atoms with Crippen molar-refractivity contribution in [2.75, 3.05) is 0 Å². The van der Waals surface area contributed by atoms with Gasteiger partial charge in [0.1, 0.15) is 0 Å². The summed E-state index contributed by atoms with van der Waals surface area (Å²) in [6.07, 6.45) is 1.23. The van der Waals surface area contributed by atoms with Crippen molar-refractivity contribution in [1.29, 1.82) is 0 Å². The van der Waals surface area contributed by atoms with Gasteiger partial charge in [0.15, 0.2) is 0 Å². The largest absolute Gasteiger partial charge is 4.00 e. The van der Waals surface area contributed by atoms with Crippen LogP contribution in [0, 0.1) is 0 Å². The van der Waals surface area contributed by atoms with Gasteiger partial charge in [-0.2, -0.15) is 0 Å². The van der Waals surface area contributed by atoms with Gasteiger partial charge in [-0.15, -0.1) is 18.3 Å². The molecule has 0 spiro atoms. The molecule has 0 aliphatic heterocycles. The average molecular weight is 457 g/mol. The third-order valence-corrected chi connectivity index (χ3v) is 2.72. The number of benzene rings is 1. The molecule has 0 saturated carbocycles. The van der Waals surface area contributed by atoms with Crippen LogP contribution in [0.5, 0.6) is 0 Å². The van der Waals surface area contributed by atoms with E-state index in [4.69, 9.17) is 0 Å². The van der Waals surface area contributed by atoms with E-state index < -0.39 is 18.3 Å². The molecule has 0 aliphatic rings. The van der Waals surface area contributed by atoms with Crippen LogP contribution in [-0.2, 0) is 28.1 Å². The molecular formula is C24H43NO4Ti. The van der Waals surface area contributed by atoms with E-state index in [0.29, 0.717) is 6.42 Å². The Balaban J connectivity index is -0.000000215. The van der Waals surface area contributed by atoms with E-state index in [9.17, 15) is 20.4 Å². The van der Waals surface area contributed by atoms with Crippen LogP contribution < -0.4 is 20.4 Å². The van der Waals surface area contributed by atoms with Crippen molar-refractivity contribution in [3.63, 3.8) is 0 Å². The van der Waals surface area contributed by atoms with Gasteiger partial charge in [-0.25, -0.2) is 0 Å². The van der Waals surface area contributed by atoms with Crippen molar-refractivity contribution in [2.45, 2.75) is 106 Å². The van der Waals surface area contributed by atoms with Gasteiger partial charge in [0.2, 0.25) is 0 Å². The van der Waals surface area contributed by atoms with Crippen molar-refractivity contribution in [3.05, 3.63) is 47.9 Å². The Morgan fingerprint density at radius 1 is 0.733 bits per heavy atom. The van der Waals surface area contributed by atoms with Crippen molar-refractivity contribution in [2.24, 2.45) is 0 Å². The molecule has 0 amide bonds. The molecule has 0 heterocycles. The predicted molar refractivity (Wildman–Crippen MR) is 116 cm³/mol. The molecule has 0 aliphatic carbocycles. The normalized spacial score (nSPS) is 10.5. The van der Waals surface area contributed by atoms with Crippen molar-refractivity contribution in [1.82, 2.24) is 4.90 Å². The molecule has 6 heteroatoms. The molecule has 5 nitrogen and oxygen atoms in total. The number of hydrogen-bond donors (Lipinski definition) is 0. The fourth-order valence-corrected chi connectivity index (χ4v) is 2.03. The summed E-state index contributed by atoms with van der Waals surface area (Å²) >= 11 is 0. The molecule has 1 rings (SSSR count). The first-order chi connectivity index (χ1) is 13.2. The molecule has 0 radical (unpaired) electrons. The van der Waals surface area contributed by atoms with Crippen molar-refractivity contribution >= 4 is 0 Å². The van der Waals surface area contributed by atoms with Crippen LogP contribution in [0.15, 0.2) is 42.3 Å². The van der Waals surface area contributed by atoms with Crippen LogP contribution in [-0.4, -0.2) is 35.3 Å². The molecule has 0 saturated heterocycles. The number of nitrogens with zero attached hydrogens (tertiary/aromatic N) is 1. The van der Waals surface area contributed by atoms with Crippen LogP contribution >= 0.6 is 0 Å². The number of rotatable bonds is 5. The summed E-state index contributed by atoms with van der Waals surface area (Å²) in [7, 11) is 0. The van der Waals surface area contributed by atoms with Crippen LogP contribution in [0.25, 0.3) is 0 Å². The third-order valence-electron chi connectivity index (χ3n) is 2.72. The molecule has 0 atom stereocenters. The van der Waals surface area contributed by atoms with Crippen LogP contribution in [0.4, 0.5) is 0 Å². The van der Waals surface area contributed by atoms with E-state index >= 15 is 0 Å². The standard InChI is InChI=1S/C15H23NO.3C3H7O.Ti/c1-12(2)16(13(3)4)15(17)11-10-14-8-6-5-7-9-14;3*1-3(2)4;/h5-9,11-13,17H,10H2,1-4H3;3*3H,1-2H3;/q;3*-1;+4/p-1/b15-11+;;;;. The number of hydrogen-bond acceptors (Lipinski definition) is 5. The first-order valence-electron chi connectivity index (χ1n) is 10.4. The van der Waals surface area contributed by atoms with E-state index in [1.807, 2.05) is 62.9 Å². The van der Waals surface area contributed by atoms with E-state index in [1.54, 1.807) is 47.6 Å². The molecule has 30 heavy (non-hydrogen) atoms. The summed E-state index contributed by atoms with van der Waals surface area (Å²) in [5.41, 5.74) is 1.17. The van der Waals surface area contributed by atoms with Gasteiger partial charge in [0.05, 0.1) is 0 Å². The van der Waals surface area contributed by atoms with Gasteiger partial charge in [-0.1, -0.05) is 78.0 Å². The fourth-order valence-electron chi connectivity index (χ4n) is 2.03. The van der Waals surface area contributed by atoms with E-state index in [2.05, 4.69) is 0 Å². The van der Waals surface area contributed by atoms with Crippen LogP contribution in [0.2, 0.25) is 0 Å². The van der Waals surface area contributed by atoms with Crippen LogP contribution in [0.3, 0.4) is 0 Å². The summed E-state index contributed by atoms with van der Waals surface area (Å²) < 4.78 is 0. The predicted octanol–water partition coefficient (Wildman–Crippen LogP) is 1.81. The Morgan fingerprint density at radius 3 is 1.30 bits per heavy atom. The van der Waals surface area contributed by atoms with Gasteiger partial charge in [0, 0.05) is 12.1 Å². The monoisotopic (exact) mass is 457 g/mol. The smallest absolute Gasteiger partial charge is 0.861 e. The zero-order valence-corrected chi connectivity index (χ0v) is 22.2. The first-order valence-corrected chi connectivity index (χ1v) is 10.4. The Labute approximate surface area is 200 Å². The molecule has 0 bridgehead atoms. The van der Waals surface area contributed by atoms with E-state index in [-0.39, 0.29) is 39.7 Å². The Bertz CT molecular complexity index is 459. The zero-order chi connectivity index (χ0) is 23.6. The Hall–Kier alpha value is -0.846. The summed E-state index contributed by atoms with van der Waals surface area (Å²) in [6, 6.07) is 10.5. The maximum Gasteiger partial charge on any atom is 4.00 e. The second-order valence-corrected chi connectivity index (χ2v) is 7.97. The Morgan fingerprint density at radius 2 is 1.03 bits per heavy atom. The number of allylic oxidation sites excluding steroid dienone is 1. The van der Waals surface area contributed by atoms with Crippen LogP contribution in [0.1, 0.15) is 74.8 Å². The quantitative estimate of drug-likeness (QED) is 0.497. The SMILES string of the molecule is CC(C)N(/C([O-])=C\Cc1ccccc1)C(C)C.CC(C)[O-].CC(C)[O-].CC(C)[O-].[Ti+4]. The summed E-state index contributed by atoms with van der Waals surface area (Å²) in [5.74, 6) is 0.124. The molecule has 0 unspecified atom stereocenters. The van der Waals surface area contributed by atoms with Gasteiger partial charge in [0.25, 0.3) is 0 Å². The maximum absolute atomic E-state index is 12.1. The minimum absolute atomic E-state index is 0. The molecule has 0 fully saturated rings. The minimum Gasteiger partial charge on any atom is -0.861 e. The van der Waals surface area contributed by atoms with E-state index in [0.717, 1.165) is 0 Å². The Kier molecular flexibility index (Phi) is 27.8. The van der Waals surface area contributed by atoms with Crippen molar-refractivity contribution < 1.29 is 42.1 Å². The third kappa shape index (κ3) is 31.8. The molecule has 0 N–H and O–H groups in total. The van der Waals surface area contributed by atoms with Gasteiger partial charge in [-0.3, -0.25) is 0 Å². The topological polar surface area (TPSA) is 95.5 Å².